The topological polar surface area (TPSA) is 122 Å². The molecule has 2 N–H and O–H groups in total. The van der Waals surface area contributed by atoms with E-state index in [9.17, 15) is 17.6 Å². The van der Waals surface area contributed by atoms with Gasteiger partial charge in [0.1, 0.15) is 22.7 Å². The van der Waals surface area contributed by atoms with E-state index < -0.39 is 67.6 Å². The van der Waals surface area contributed by atoms with E-state index in [1.54, 1.807) is 18.6 Å². The minimum Gasteiger partial charge on any atom is -0.351 e. The fourth-order valence-corrected chi connectivity index (χ4v) is 6.70. The third-order valence-electron chi connectivity index (χ3n) is 7.85. The van der Waals surface area contributed by atoms with Gasteiger partial charge in [-0.25, -0.2) is 35.9 Å². The van der Waals surface area contributed by atoms with E-state index in [2.05, 4.69) is 39.3 Å². The summed E-state index contributed by atoms with van der Waals surface area (Å²) < 4.78 is 87.2. The Morgan fingerprint density at radius 3 is 2.29 bits per heavy atom. The van der Waals surface area contributed by atoms with Crippen LogP contribution in [0.25, 0.3) is 22.4 Å². The van der Waals surface area contributed by atoms with Crippen LogP contribution in [0, 0.1) is 23.3 Å². The molecule has 1 aliphatic carbocycles. The van der Waals surface area contributed by atoms with Crippen LogP contribution in [-0.4, -0.2) is 59.0 Å². The summed E-state index contributed by atoms with van der Waals surface area (Å²) in [5.41, 5.74) is -3.13. The second-order valence-corrected chi connectivity index (χ2v) is 13.4. The molecule has 0 radical (unpaired) electrons. The van der Waals surface area contributed by atoms with Crippen LogP contribution in [0.5, 0.6) is 0 Å². The molecule has 2 aromatic carbocycles. The van der Waals surface area contributed by atoms with Gasteiger partial charge in [-0.05, 0) is 77.4 Å². The Balaban J connectivity index is 1.47. The molecule has 0 unspecified atom stereocenters. The molecule has 4 aromatic rings. The highest BCUT2D eigenvalue weighted by molar-refractivity contribution is 7.91. The largest absolute Gasteiger partial charge is 0.351 e. The van der Waals surface area contributed by atoms with E-state index in [1.165, 1.54) is 22.9 Å². The SMILES string of the molecule is CC(C)n1c(=O)c(-c2cc(F)c(NS(=O)(=O)Cc3ccc(F)cc3)c(F)c2F)nc2cnc(NC3CCC(N(C)C)CC3)nc21. The number of nitrogens with one attached hydrogen (secondary N) is 2. The van der Waals surface area contributed by atoms with E-state index in [4.69, 9.17) is 0 Å². The fourth-order valence-electron chi connectivity index (χ4n) is 5.50. The molecule has 1 aliphatic rings. The summed E-state index contributed by atoms with van der Waals surface area (Å²) >= 11 is 0. The molecule has 1 fully saturated rings. The predicted octanol–water partition coefficient (Wildman–Crippen LogP) is 5.22. The number of hydrogen-bond acceptors (Lipinski definition) is 8. The number of anilines is 2. The molecular weight excluding hydrogens is 614 g/mol. The van der Waals surface area contributed by atoms with Crippen molar-refractivity contribution in [3.63, 3.8) is 0 Å². The van der Waals surface area contributed by atoms with Gasteiger partial charge >= 0.3 is 0 Å². The molecule has 15 heteroatoms. The Hall–Kier alpha value is -4.11. The highest BCUT2D eigenvalue weighted by atomic mass is 32.2. The van der Waals surface area contributed by atoms with Crippen LogP contribution in [0.15, 0.2) is 41.3 Å². The first-order valence-electron chi connectivity index (χ1n) is 14.4. The van der Waals surface area contributed by atoms with Gasteiger partial charge in [0, 0.05) is 23.7 Å². The fraction of sp³-hybridized carbons (Fsp3) is 0.400. The number of aromatic nitrogens is 4. The molecule has 10 nitrogen and oxygen atoms in total. The smallest absolute Gasteiger partial charge is 0.279 e. The molecule has 0 atom stereocenters. The minimum atomic E-state index is -4.44. The van der Waals surface area contributed by atoms with E-state index in [-0.39, 0.29) is 22.8 Å². The quantitative estimate of drug-likeness (QED) is 0.188. The summed E-state index contributed by atoms with van der Waals surface area (Å²) in [7, 11) is -0.331. The van der Waals surface area contributed by atoms with Crippen molar-refractivity contribution in [2.45, 2.75) is 63.4 Å². The van der Waals surface area contributed by atoms with Gasteiger partial charge in [-0.3, -0.25) is 14.1 Å². The van der Waals surface area contributed by atoms with Gasteiger partial charge in [-0.15, -0.1) is 0 Å². The minimum absolute atomic E-state index is 0.0875. The van der Waals surface area contributed by atoms with Crippen molar-refractivity contribution in [1.82, 2.24) is 24.4 Å². The molecule has 240 valence electrons. The number of nitrogens with zero attached hydrogens (tertiary/aromatic N) is 5. The van der Waals surface area contributed by atoms with Gasteiger partial charge in [-0.1, -0.05) is 12.1 Å². The molecule has 2 heterocycles. The van der Waals surface area contributed by atoms with Crippen LogP contribution in [0.2, 0.25) is 0 Å². The van der Waals surface area contributed by atoms with Gasteiger partial charge < -0.3 is 10.2 Å². The van der Waals surface area contributed by atoms with Crippen molar-refractivity contribution in [3.05, 3.63) is 75.7 Å². The first-order chi connectivity index (χ1) is 21.2. The maximum absolute atomic E-state index is 15.4. The maximum Gasteiger partial charge on any atom is 0.279 e. The Kier molecular flexibility index (Phi) is 9.12. The Labute approximate surface area is 257 Å². The van der Waals surface area contributed by atoms with Crippen LogP contribution in [0.1, 0.15) is 51.1 Å². The number of halogens is 4. The molecule has 45 heavy (non-hydrogen) atoms. The number of sulfonamides is 1. The summed E-state index contributed by atoms with van der Waals surface area (Å²) in [4.78, 5) is 28.8. The van der Waals surface area contributed by atoms with Gasteiger partial charge in [0.05, 0.1) is 11.9 Å². The average molecular weight is 648 g/mol. The highest BCUT2D eigenvalue weighted by Crippen LogP contribution is 2.31. The Morgan fingerprint density at radius 1 is 1.00 bits per heavy atom. The zero-order valence-corrected chi connectivity index (χ0v) is 25.9. The van der Waals surface area contributed by atoms with Crippen LogP contribution < -0.4 is 15.6 Å². The van der Waals surface area contributed by atoms with Gasteiger partial charge in [0.15, 0.2) is 23.1 Å². The summed E-state index contributed by atoms with van der Waals surface area (Å²) in [5, 5.41) is 3.32. The van der Waals surface area contributed by atoms with Crippen molar-refractivity contribution in [2.24, 2.45) is 0 Å². The first-order valence-corrected chi connectivity index (χ1v) is 16.0. The lowest BCUT2D eigenvalue weighted by atomic mass is 9.91. The second-order valence-electron chi connectivity index (χ2n) is 11.6. The molecule has 2 aromatic heterocycles. The molecule has 0 bridgehead atoms. The third-order valence-corrected chi connectivity index (χ3v) is 9.08. The average Bonchev–Trinajstić information content (AvgIpc) is 2.98. The van der Waals surface area contributed by atoms with Gasteiger partial charge in [0.25, 0.3) is 5.56 Å². The summed E-state index contributed by atoms with van der Waals surface area (Å²) in [5.74, 6) is -6.06. The molecule has 0 aliphatic heterocycles. The summed E-state index contributed by atoms with van der Waals surface area (Å²) in [6.07, 6.45) is 5.18. The first kappa shape index (κ1) is 32.3. The van der Waals surface area contributed by atoms with Crippen molar-refractivity contribution >= 4 is 32.8 Å². The lowest BCUT2D eigenvalue weighted by molar-refractivity contribution is 0.221. The molecular formula is C30H33F4N7O3S. The van der Waals surface area contributed by atoms with Gasteiger partial charge in [0.2, 0.25) is 16.0 Å². The zero-order valence-electron chi connectivity index (χ0n) is 25.1. The van der Waals surface area contributed by atoms with Crippen molar-refractivity contribution in [2.75, 3.05) is 24.1 Å². The molecule has 5 rings (SSSR count). The highest BCUT2D eigenvalue weighted by Gasteiger charge is 2.28. The van der Waals surface area contributed by atoms with E-state index in [1.807, 2.05) is 0 Å². The summed E-state index contributed by atoms with van der Waals surface area (Å²) in [6.45, 7) is 3.39. The Bertz CT molecular complexity index is 1890. The second kappa shape index (κ2) is 12.7. The maximum atomic E-state index is 15.4. The molecule has 0 spiro atoms. The van der Waals surface area contributed by atoms with Gasteiger partial charge in [-0.2, -0.15) is 4.98 Å². The van der Waals surface area contributed by atoms with Crippen molar-refractivity contribution < 1.29 is 26.0 Å². The third kappa shape index (κ3) is 6.93. The van der Waals surface area contributed by atoms with E-state index in [0.717, 1.165) is 37.8 Å². The lowest BCUT2D eigenvalue weighted by Gasteiger charge is -2.32. The standard InChI is InChI=1S/C30H33F4N7O3S/c1-16(2)41-28-23(14-35-30(38-28)36-19-9-11-20(12-10-19)40(3)4)37-26(29(41)42)21-13-22(32)27(25(34)24(21)33)39-45(43,44)15-17-5-7-18(31)8-6-17/h5-8,13-14,16,19-20,39H,9-12,15H2,1-4H3,(H,35,36,38). The monoisotopic (exact) mass is 647 g/mol. The van der Waals surface area contributed by atoms with Crippen LogP contribution in [0.3, 0.4) is 0 Å². The summed E-state index contributed by atoms with van der Waals surface area (Å²) in [6, 6.07) is 5.08. The molecule has 0 saturated heterocycles. The number of fused-ring (bicyclic) bond motifs is 1. The van der Waals surface area contributed by atoms with Crippen molar-refractivity contribution in [3.8, 4) is 11.3 Å². The number of rotatable bonds is 9. The Morgan fingerprint density at radius 2 is 1.67 bits per heavy atom. The van der Waals surface area contributed by atoms with Crippen LogP contribution >= 0.6 is 0 Å². The van der Waals surface area contributed by atoms with E-state index >= 15 is 13.2 Å². The predicted molar refractivity (Wildman–Crippen MR) is 163 cm³/mol. The van der Waals surface area contributed by atoms with Crippen LogP contribution in [0.4, 0.5) is 29.2 Å². The molecule has 0 amide bonds. The number of benzene rings is 2. The number of hydrogen-bond donors (Lipinski definition) is 2. The zero-order chi connectivity index (χ0) is 32.6. The van der Waals surface area contributed by atoms with Crippen molar-refractivity contribution in [1.29, 1.82) is 0 Å². The normalized spacial score (nSPS) is 17.3. The molecule has 1 saturated carbocycles. The van der Waals surface area contributed by atoms with Crippen LogP contribution in [-0.2, 0) is 15.8 Å². The lowest BCUT2D eigenvalue weighted by Crippen LogP contribution is -2.36. The van der Waals surface area contributed by atoms with E-state index in [0.29, 0.717) is 18.1 Å².